The van der Waals surface area contributed by atoms with E-state index in [1.807, 2.05) is 42.6 Å². The van der Waals surface area contributed by atoms with Gasteiger partial charge in [0.25, 0.3) is 0 Å². The highest BCUT2D eigenvalue weighted by Gasteiger charge is 2.28. The van der Waals surface area contributed by atoms with Crippen LogP contribution < -0.4 is 15.1 Å². The molecule has 0 bridgehead atoms. The van der Waals surface area contributed by atoms with Crippen LogP contribution in [0.4, 0.5) is 22.2 Å². The number of aromatic nitrogens is 4. The lowest BCUT2D eigenvalue weighted by Gasteiger charge is -2.36. The van der Waals surface area contributed by atoms with Gasteiger partial charge in [-0.2, -0.15) is 9.61 Å². The molecule has 11 nitrogen and oxygen atoms in total. The van der Waals surface area contributed by atoms with Crippen LogP contribution in [0.3, 0.4) is 0 Å². The lowest BCUT2D eigenvalue weighted by molar-refractivity contribution is 0.0186. The van der Waals surface area contributed by atoms with Crippen molar-refractivity contribution in [1.29, 1.82) is 0 Å². The third kappa shape index (κ3) is 7.72. The standard InChI is InChI=1S/C33H50N8O3/c1-6-26-22-36-41-29(19-30(37-31(26)41)40-15-8-7-9-27(40)14-18-42)35-21-25-10-11-28(34-20-25)38(5)23-24-12-16-39(17-13-24)32(43)44-33(2,3)4/h10-11,19-20,22,24,27,35,42H,6-9,12-18,21,23H2,1-5H3. The topological polar surface area (TPSA) is 111 Å². The van der Waals surface area contributed by atoms with E-state index in [0.29, 0.717) is 18.5 Å². The Morgan fingerprint density at radius 3 is 2.61 bits per heavy atom. The van der Waals surface area contributed by atoms with Crippen LogP contribution in [0.2, 0.25) is 0 Å². The smallest absolute Gasteiger partial charge is 0.410 e. The van der Waals surface area contributed by atoms with E-state index in [9.17, 15) is 9.90 Å². The lowest BCUT2D eigenvalue weighted by atomic mass is 9.96. The molecular formula is C33H50N8O3. The summed E-state index contributed by atoms with van der Waals surface area (Å²) in [6.07, 6.45) is 10.6. The molecule has 44 heavy (non-hydrogen) atoms. The van der Waals surface area contributed by atoms with Crippen LogP contribution in [0, 0.1) is 5.92 Å². The normalized spacial score (nSPS) is 18.1. The number of pyridine rings is 1. The van der Waals surface area contributed by atoms with Crippen molar-refractivity contribution in [2.45, 2.75) is 90.8 Å². The predicted molar refractivity (Wildman–Crippen MR) is 174 cm³/mol. The number of aliphatic hydroxyl groups excluding tert-OH is 1. The number of carbonyl (C=O) groups is 1. The maximum atomic E-state index is 12.4. The number of aliphatic hydroxyl groups is 1. The molecule has 2 aliphatic heterocycles. The highest BCUT2D eigenvalue weighted by atomic mass is 16.6. The van der Waals surface area contributed by atoms with Gasteiger partial charge in [0.2, 0.25) is 0 Å². The molecule has 1 atom stereocenters. The largest absolute Gasteiger partial charge is 0.444 e. The van der Waals surface area contributed by atoms with Crippen molar-refractivity contribution in [3.8, 4) is 0 Å². The maximum Gasteiger partial charge on any atom is 0.410 e. The Morgan fingerprint density at radius 2 is 1.93 bits per heavy atom. The molecule has 11 heteroatoms. The quantitative estimate of drug-likeness (QED) is 0.325. The molecule has 2 fully saturated rings. The first-order valence-electron chi connectivity index (χ1n) is 16.3. The van der Waals surface area contributed by atoms with Crippen LogP contribution in [0.15, 0.2) is 30.6 Å². The predicted octanol–water partition coefficient (Wildman–Crippen LogP) is 5.12. The summed E-state index contributed by atoms with van der Waals surface area (Å²) in [5, 5.41) is 17.9. The van der Waals surface area contributed by atoms with Gasteiger partial charge in [-0.15, -0.1) is 0 Å². The Hall–Kier alpha value is -3.60. The van der Waals surface area contributed by atoms with Crippen molar-refractivity contribution in [3.05, 3.63) is 41.7 Å². The molecular weight excluding hydrogens is 556 g/mol. The summed E-state index contributed by atoms with van der Waals surface area (Å²) in [6.45, 7) is 11.9. The Kier molecular flexibility index (Phi) is 10.1. The van der Waals surface area contributed by atoms with Crippen molar-refractivity contribution in [2.75, 3.05) is 55.0 Å². The van der Waals surface area contributed by atoms with Gasteiger partial charge in [-0.1, -0.05) is 13.0 Å². The zero-order chi connectivity index (χ0) is 31.3. The van der Waals surface area contributed by atoms with Gasteiger partial charge in [0.1, 0.15) is 23.1 Å². The van der Waals surface area contributed by atoms with Gasteiger partial charge < -0.3 is 29.9 Å². The third-order valence-corrected chi connectivity index (χ3v) is 8.77. The number of rotatable bonds is 10. The molecule has 2 N–H and O–H groups in total. The Bertz CT molecular complexity index is 1380. The molecule has 0 aromatic carbocycles. The third-order valence-electron chi connectivity index (χ3n) is 8.77. The molecule has 0 aliphatic carbocycles. The molecule has 1 unspecified atom stereocenters. The fraction of sp³-hybridized carbons (Fsp3) is 0.636. The van der Waals surface area contributed by atoms with E-state index in [0.717, 1.165) is 98.9 Å². The molecule has 1 amide bonds. The van der Waals surface area contributed by atoms with E-state index < -0.39 is 5.60 Å². The molecule has 2 saturated heterocycles. The second kappa shape index (κ2) is 14.0. The average Bonchev–Trinajstić information content (AvgIpc) is 3.43. The lowest BCUT2D eigenvalue weighted by Crippen LogP contribution is -2.43. The molecule has 2 aliphatic rings. The number of anilines is 3. The van der Waals surface area contributed by atoms with Crippen LogP contribution in [-0.4, -0.2) is 87.2 Å². The number of aryl methyl sites for hydroxylation is 1. The minimum Gasteiger partial charge on any atom is -0.444 e. The van der Waals surface area contributed by atoms with Crippen molar-refractivity contribution < 1.29 is 14.6 Å². The minimum absolute atomic E-state index is 0.187. The van der Waals surface area contributed by atoms with Crippen molar-refractivity contribution in [1.82, 2.24) is 24.5 Å². The molecule has 0 spiro atoms. The summed E-state index contributed by atoms with van der Waals surface area (Å²) < 4.78 is 7.44. The van der Waals surface area contributed by atoms with E-state index in [4.69, 9.17) is 14.7 Å². The minimum atomic E-state index is -0.468. The summed E-state index contributed by atoms with van der Waals surface area (Å²) in [5.74, 6) is 3.29. The first-order valence-corrected chi connectivity index (χ1v) is 16.3. The molecule has 3 aromatic heterocycles. The van der Waals surface area contributed by atoms with E-state index in [1.165, 1.54) is 6.42 Å². The summed E-state index contributed by atoms with van der Waals surface area (Å²) in [6, 6.07) is 6.60. The summed E-state index contributed by atoms with van der Waals surface area (Å²) in [4.78, 5) is 28.6. The second-order valence-electron chi connectivity index (χ2n) is 13.3. The number of fused-ring (bicyclic) bond motifs is 1. The summed E-state index contributed by atoms with van der Waals surface area (Å²) >= 11 is 0. The van der Waals surface area contributed by atoms with Crippen molar-refractivity contribution in [3.63, 3.8) is 0 Å². The average molecular weight is 607 g/mol. The van der Waals surface area contributed by atoms with Gasteiger partial charge in [-0.25, -0.2) is 14.8 Å². The van der Waals surface area contributed by atoms with E-state index in [2.05, 4.69) is 52.4 Å². The summed E-state index contributed by atoms with van der Waals surface area (Å²) in [7, 11) is 2.09. The van der Waals surface area contributed by atoms with Crippen LogP contribution in [0.5, 0.6) is 0 Å². The van der Waals surface area contributed by atoms with E-state index in [1.54, 1.807) is 0 Å². The zero-order valence-electron chi connectivity index (χ0n) is 27.1. The molecule has 240 valence electrons. The zero-order valence-corrected chi connectivity index (χ0v) is 27.1. The van der Waals surface area contributed by atoms with Crippen molar-refractivity contribution >= 4 is 29.2 Å². The Morgan fingerprint density at radius 1 is 1.14 bits per heavy atom. The molecule has 0 radical (unpaired) electrons. The highest BCUT2D eigenvalue weighted by Crippen LogP contribution is 2.29. The summed E-state index contributed by atoms with van der Waals surface area (Å²) in [5.41, 5.74) is 2.62. The fourth-order valence-corrected chi connectivity index (χ4v) is 6.31. The van der Waals surface area contributed by atoms with Gasteiger partial charge in [-0.3, -0.25) is 0 Å². The number of amides is 1. The molecule has 3 aromatic rings. The first kappa shape index (κ1) is 31.8. The number of hydrogen-bond acceptors (Lipinski definition) is 9. The van der Waals surface area contributed by atoms with Crippen LogP contribution in [-0.2, 0) is 17.7 Å². The van der Waals surface area contributed by atoms with Gasteiger partial charge in [0, 0.05) is 70.2 Å². The van der Waals surface area contributed by atoms with Crippen LogP contribution in [0.1, 0.15) is 77.3 Å². The SMILES string of the molecule is CCc1cnn2c(NCc3ccc(N(C)CC4CCN(C(=O)OC(C)(C)C)CC4)nc3)cc(N3CCCCC3CCO)nc12. The first-order chi connectivity index (χ1) is 21.1. The van der Waals surface area contributed by atoms with Gasteiger partial charge in [0.05, 0.1) is 6.20 Å². The molecule has 0 saturated carbocycles. The van der Waals surface area contributed by atoms with Crippen LogP contribution in [0.25, 0.3) is 5.65 Å². The fourth-order valence-electron chi connectivity index (χ4n) is 6.31. The van der Waals surface area contributed by atoms with Gasteiger partial charge in [0.15, 0.2) is 5.65 Å². The highest BCUT2D eigenvalue weighted by molar-refractivity contribution is 5.68. The van der Waals surface area contributed by atoms with Crippen molar-refractivity contribution in [2.24, 2.45) is 5.92 Å². The Balaban J connectivity index is 1.20. The Labute approximate surface area is 261 Å². The number of carbonyl (C=O) groups excluding carboxylic acids is 1. The number of nitrogens with zero attached hydrogens (tertiary/aromatic N) is 7. The number of piperidine rings is 2. The van der Waals surface area contributed by atoms with Gasteiger partial charge in [-0.05, 0) is 83.3 Å². The molecule has 5 heterocycles. The maximum absolute atomic E-state index is 12.4. The van der Waals surface area contributed by atoms with E-state index >= 15 is 0 Å². The number of hydrogen-bond donors (Lipinski definition) is 2. The van der Waals surface area contributed by atoms with Crippen LogP contribution >= 0.6 is 0 Å². The monoisotopic (exact) mass is 606 g/mol. The second-order valence-corrected chi connectivity index (χ2v) is 13.3. The number of ether oxygens (including phenoxy) is 1. The molecule has 5 rings (SSSR count). The van der Waals surface area contributed by atoms with Gasteiger partial charge >= 0.3 is 6.09 Å². The number of likely N-dealkylation sites (tertiary alicyclic amines) is 1. The number of nitrogens with one attached hydrogen (secondary N) is 1. The van der Waals surface area contributed by atoms with E-state index in [-0.39, 0.29) is 12.7 Å².